The first kappa shape index (κ1) is 21.1. The molecule has 0 amide bonds. The van der Waals surface area contributed by atoms with Crippen LogP contribution in [0.3, 0.4) is 0 Å². The Morgan fingerprint density at radius 2 is 2.20 bits per heavy atom. The van der Waals surface area contributed by atoms with Gasteiger partial charge in [-0.1, -0.05) is 6.92 Å². The number of methoxy groups -OCH3 is 1. The van der Waals surface area contributed by atoms with Crippen LogP contribution < -0.4 is 4.74 Å². The maximum absolute atomic E-state index is 11.6. The minimum Gasteiger partial charge on any atom is -0.496 e. The van der Waals surface area contributed by atoms with Crippen LogP contribution in [0, 0.1) is 10.1 Å². The molecule has 0 aliphatic rings. The Kier molecular flexibility index (Phi) is 6.52. The number of hydrogen-bond donors (Lipinski definition) is 2. The fraction of sp³-hybridized carbons (Fsp3) is 0.211. The van der Waals surface area contributed by atoms with Gasteiger partial charge in [0.1, 0.15) is 28.0 Å². The van der Waals surface area contributed by atoms with E-state index in [1.54, 1.807) is 12.1 Å². The maximum atomic E-state index is 11.6. The van der Waals surface area contributed by atoms with E-state index in [0.717, 1.165) is 24.6 Å². The summed E-state index contributed by atoms with van der Waals surface area (Å²) < 4.78 is 10.9. The third-order valence-corrected chi connectivity index (χ3v) is 4.85. The number of nitrogens with zero attached hydrogens (tertiary/aromatic N) is 3. The summed E-state index contributed by atoms with van der Waals surface area (Å²) in [6, 6.07) is 7.37. The van der Waals surface area contributed by atoms with E-state index in [1.165, 1.54) is 31.4 Å². The fourth-order valence-electron chi connectivity index (χ4n) is 2.61. The van der Waals surface area contributed by atoms with Crippen LogP contribution in [0.5, 0.6) is 5.75 Å². The first-order valence-electron chi connectivity index (χ1n) is 8.88. The molecule has 3 rings (SSSR count). The van der Waals surface area contributed by atoms with Crippen molar-refractivity contribution < 1.29 is 24.0 Å². The second-order valence-corrected chi connectivity index (χ2v) is 7.08. The zero-order chi connectivity index (χ0) is 21.7. The molecule has 0 aliphatic carbocycles. The normalized spacial score (nSPS) is 11.5. The quantitative estimate of drug-likeness (QED) is 0.221. The van der Waals surface area contributed by atoms with Gasteiger partial charge in [0.2, 0.25) is 5.16 Å². The van der Waals surface area contributed by atoms with E-state index >= 15 is 0 Å². The predicted molar refractivity (Wildman–Crippen MR) is 109 cm³/mol. The average molecular weight is 430 g/mol. The maximum Gasteiger partial charge on any atom is 0.342 e. The molecular weight excluding hydrogens is 412 g/mol. The monoisotopic (exact) mass is 430 g/mol. The number of aromatic amines is 1. The number of ether oxygens (including phenoxy) is 1. The molecule has 1 aromatic carbocycles. The molecular formula is C19H18N4O6S. The molecule has 3 aromatic rings. The van der Waals surface area contributed by atoms with Crippen LogP contribution in [0.15, 0.2) is 44.8 Å². The lowest BCUT2D eigenvalue weighted by molar-refractivity contribution is -0.384. The van der Waals surface area contributed by atoms with Crippen molar-refractivity contribution >= 4 is 29.5 Å². The topological polar surface area (TPSA) is 144 Å². The lowest BCUT2D eigenvalue weighted by Crippen LogP contribution is -1.97. The number of aryl methyl sites for hydroxylation is 1. The molecule has 0 spiro atoms. The van der Waals surface area contributed by atoms with E-state index in [-0.39, 0.29) is 16.3 Å². The standard InChI is InChI=1S/C19H18N4O6S/c1-3-4-17-20-19(22-21-17)30-16(18(24)25)10-12-6-8-14(29-12)13-7-5-11(23(26)27)9-15(13)28-2/h5-10H,3-4H2,1-2H3,(H,24,25)(H,20,21,22)/b16-10-. The number of thioether (sulfide) groups is 1. The van der Waals surface area contributed by atoms with Gasteiger partial charge in [-0.2, -0.15) is 0 Å². The SMILES string of the molecule is CCCc1nc(S/C(=C\c2ccc(-c3ccc([N+](=O)[O-])cc3OC)o2)C(=O)O)n[nH]1. The Hall–Kier alpha value is -3.60. The van der Waals surface area contributed by atoms with Crippen molar-refractivity contribution in [3.8, 4) is 17.1 Å². The zero-order valence-corrected chi connectivity index (χ0v) is 16.9. The van der Waals surface area contributed by atoms with Crippen LogP contribution in [0.2, 0.25) is 0 Å². The number of benzene rings is 1. The van der Waals surface area contributed by atoms with Gasteiger partial charge in [-0.25, -0.2) is 9.78 Å². The lowest BCUT2D eigenvalue weighted by atomic mass is 10.1. The number of H-pyrrole nitrogens is 1. The Bertz CT molecular complexity index is 1100. The number of rotatable bonds is 9. The summed E-state index contributed by atoms with van der Waals surface area (Å²) >= 11 is 0.905. The lowest BCUT2D eigenvalue weighted by Gasteiger charge is -2.05. The van der Waals surface area contributed by atoms with Gasteiger partial charge in [0.15, 0.2) is 0 Å². The molecule has 0 bridgehead atoms. The third-order valence-electron chi connectivity index (χ3n) is 3.97. The van der Waals surface area contributed by atoms with Gasteiger partial charge < -0.3 is 14.3 Å². The Morgan fingerprint density at radius 3 is 2.87 bits per heavy atom. The summed E-state index contributed by atoms with van der Waals surface area (Å²) in [5.74, 6) is 0.486. The number of aliphatic carboxylic acids is 1. The molecule has 2 heterocycles. The number of nitrogens with one attached hydrogen (secondary N) is 1. The number of carbonyl (C=O) groups is 1. The summed E-state index contributed by atoms with van der Waals surface area (Å²) in [5, 5.41) is 27.6. The van der Waals surface area contributed by atoms with Gasteiger partial charge >= 0.3 is 5.97 Å². The summed E-state index contributed by atoms with van der Waals surface area (Å²) in [5.41, 5.74) is 0.395. The molecule has 2 aromatic heterocycles. The molecule has 0 atom stereocenters. The Balaban J connectivity index is 1.86. The van der Waals surface area contributed by atoms with E-state index in [0.29, 0.717) is 28.1 Å². The number of aromatic nitrogens is 3. The van der Waals surface area contributed by atoms with Crippen molar-refractivity contribution in [2.75, 3.05) is 7.11 Å². The van der Waals surface area contributed by atoms with Crippen molar-refractivity contribution in [3.63, 3.8) is 0 Å². The van der Waals surface area contributed by atoms with Crippen LogP contribution >= 0.6 is 11.8 Å². The number of nitro benzene ring substituents is 1. The van der Waals surface area contributed by atoms with Crippen LogP contribution in [0.4, 0.5) is 5.69 Å². The smallest absolute Gasteiger partial charge is 0.342 e. The highest BCUT2D eigenvalue weighted by Crippen LogP contribution is 2.35. The summed E-state index contributed by atoms with van der Waals surface area (Å²) in [6.45, 7) is 2.01. The second-order valence-electron chi connectivity index (χ2n) is 6.07. The van der Waals surface area contributed by atoms with Gasteiger partial charge in [-0.15, -0.1) is 5.10 Å². The fourth-order valence-corrected chi connectivity index (χ4v) is 3.31. The van der Waals surface area contributed by atoms with E-state index in [2.05, 4.69) is 15.2 Å². The first-order chi connectivity index (χ1) is 14.4. The number of furan rings is 1. The molecule has 30 heavy (non-hydrogen) atoms. The van der Waals surface area contributed by atoms with E-state index in [4.69, 9.17) is 9.15 Å². The molecule has 0 fully saturated rings. The van der Waals surface area contributed by atoms with Crippen molar-refractivity contribution in [2.45, 2.75) is 24.9 Å². The molecule has 10 nitrogen and oxygen atoms in total. The van der Waals surface area contributed by atoms with Crippen molar-refractivity contribution in [1.29, 1.82) is 0 Å². The number of non-ortho nitro benzene ring substituents is 1. The van der Waals surface area contributed by atoms with Crippen LogP contribution in [-0.4, -0.2) is 38.3 Å². The summed E-state index contributed by atoms with van der Waals surface area (Å²) in [7, 11) is 1.40. The number of carboxylic acid groups (broad SMARTS) is 1. The van der Waals surface area contributed by atoms with Crippen molar-refractivity contribution in [2.24, 2.45) is 0 Å². The number of carboxylic acids is 1. The van der Waals surface area contributed by atoms with Crippen molar-refractivity contribution in [1.82, 2.24) is 15.2 Å². The van der Waals surface area contributed by atoms with E-state index in [9.17, 15) is 20.0 Å². The molecule has 156 valence electrons. The van der Waals surface area contributed by atoms with Crippen LogP contribution in [0.25, 0.3) is 17.4 Å². The van der Waals surface area contributed by atoms with E-state index in [1.807, 2.05) is 6.92 Å². The zero-order valence-electron chi connectivity index (χ0n) is 16.1. The highest BCUT2D eigenvalue weighted by molar-refractivity contribution is 8.04. The van der Waals surface area contributed by atoms with Gasteiger partial charge in [0, 0.05) is 18.6 Å². The minimum atomic E-state index is -1.15. The molecule has 0 saturated carbocycles. The number of nitro groups is 1. The Labute approximate surface area is 175 Å². The van der Waals surface area contributed by atoms with E-state index < -0.39 is 10.9 Å². The molecule has 0 radical (unpaired) electrons. The largest absolute Gasteiger partial charge is 0.496 e. The first-order valence-corrected chi connectivity index (χ1v) is 9.69. The molecule has 2 N–H and O–H groups in total. The van der Waals surface area contributed by atoms with Gasteiger partial charge in [-0.05, 0) is 36.4 Å². The highest BCUT2D eigenvalue weighted by Gasteiger charge is 2.17. The third kappa shape index (κ3) is 4.87. The predicted octanol–water partition coefficient (Wildman–Crippen LogP) is 4.15. The summed E-state index contributed by atoms with van der Waals surface area (Å²) in [4.78, 5) is 26.3. The second kappa shape index (κ2) is 9.27. The molecule has 0 saturated heterocycles. The van der Waals surface area contributed by atoms with Crippen LogP contribution in [0.1, 0.15) is 24.9 Å². The summed E-state index contributed by atoms with van der Waals surface area (Å²) in [6.07, 6.45) is 2.98. The van der Waals surface area contributed by atoms with Gasteiger partial charge in [-0.3, -0.25) is 15.2 Å². The molecule has 0 unspecified atom stereocenters. The minimum absolute atomic E-state index is 0.0198. The van der Waals surface area contributed by atoms with Gasteiger partial charge in [0.05, 0.1) is 23.7 Å². The Morgan fingerprint density at radius 1 is 1.40 bits per heavy atom. The number of hydrogen-bond acceptors (Lipinski definition) is 8. The highest BCUT2D eigenvalue weighted by atomic mass is 32.2. The van der Waals surface area contributed by atoms with Crippen LogP contribution in [-0.2, 0) is 11.2 Å². The van der Waals surface area contributed by atoms with Gasteiger partial charge in [0.25, 0.3) is 5.69 Å². The molecule has 11 heteroatoms. The molecule has 0 aliphatic heterocycles. The van der Waals surface area contributed by atoms with Crippen molar-refractivity contribution in [3.05, 3.63) is 56.9 Å². The average Bonchev–Trinajstić information content (AvgIpc) is 3.36.